The number of nitrogens with zero attached hydrogens (tertiary/aromatic N) is 4. The van der Waals surface area contributed by atoms with E-state index >= 15 is 0 Å². The van der Waals surface area contributed by atoms with Gasteiger partial charge in [-0.3, -0.25) is 4.57 Å². The molecular formula is C12H17N5. The molecule has 0 amide bonds. The number of rotatable bonds is 4. The standard InChI is InChI=1S/C12H17N5/c1-9(2)11(3-13)12-6-16-8-17(12)10-4-14-7-15-5-10/h4-9,11H,3,13H2,1-2H3. The van der Waals surface area contributed by atoms with Gasteiger partial charge in [-0.1, -0.05) is 13.8 Å². The van der Waals surface area contributed by atoms with Gasteiger partial charge in [0.15, 0.2) is 0 Å². The number of hydrogen-bond donors (Lipinski definition) is 1. The van der Waals surface area contributed by atoms with Crippen molar-refractivity contribution in [3.8, 4) is 5.69 Å². The summed E-state index contributed by atoms with van der Waals surface area (Å²) in [5.74, 6) is 0.762. The summed E-state index contributed by atoms with van der Waals surface area (Å²) in [5, 5.41) is 0. The second-order valence-corrected chi connectivity index (χ2v) is 4.37. The molecule has 0 saturated heterocycles. The molecule has 2 rings (SSSR count). The van der Waals surface area contributed by atoms with Gasteiger partial charge in [0.1, 0.15) is 6.33 Å². The van der Waals surface area contributed by atoms with E-state index in [9.17, 15) is 0 Å². The fourth-order valence-electron chi connectivity index (χ4n) is 1.95. The van der Waals surface area contributed by atoms with E-state index in [0.717, 1.165) is 11.4 Å². The summed E-state index contributed by atoms with van der Waals surface area (Å²) in [4.78, 5) is 12.2. The Morgan fingerprint density at radius 1 is 1.18 bits per heavy atom. The Balaban J connectivity index is 2.41. The third-order valence-electron chi connectivity index (χ3n) is 2.93. The summed E-state index contributed by atoms with van der Waals surface area (Å²) in [6.45, 7) is 4.93. The van der Waals surface area contributed by atoms with Gasteiger partial charge in [0.25, 0.3) is 0 Å². The van der Waals surface area contributed by atoms with E-state index in [1.54, 1.807) is 18.7 Å². The van der Waals surface area contributed by atoms with Gasteiger partial charge in [-0.05, 0) is 5.92 Å². The molecular weight excluding hydrogens is 214 g/mol. The lowest BCUT2D eigenvalue weighted by Gasteiger charge is -2.20. The first-order chi connectivity index (χ1) is 8.24. The van der Waals surface area contributed by atoms with Crippen molar-refractivity contribution in [2.24, 2.45) is 11.7 Å². The van der Waals surface area contributed by atoms with Crippen molar-refractivity contribution >= 4 is 0 Å². The van der Waals surface area contributed by atoms with E-state index in [0.29, 0.717) is 12.5 Å². The highest BCUT2D eigenvalue weighted by atomic mass is 15.1. The van der Waals surface area contributed by atoms with Crippen LogP contribution in [0.5, 0.6) is 0 Å². The van der Waals surface area contributed by atoms with Gasteiger partial charge >= 0.3 is 0 Å². The molecule has 0 aromatic carbocycles. The van der Waals surface area contributed by atoms with Crippen LogP contribution in [0.25, 0.3) is 5.69 Å². The van der Waals surface area contributed by atoms with Gasteiger partial charge in [0.05, 0.1) is 24.4 Å². The molecule has 0 bridgehead atoms. The Morgan fingerprint density at radius 2 is 1.88 bits per heavy atom. The third kappa shape index (κ3) is 2.34. The lowest BCUT2D eigenvalue weighted by Crippen LogP contribution is -2.20. The van der Waals surface area contributed by atoms with Gasteiger partial charge in [-0.2, -0.15) is 0 Å². The zero-order valence-electron chi connectivity index (χ0n) is 10.1. The van der Waals surface area contributed by atoms with Crippen molar-refractivity contribution in [1.82, 2.24) is 19.5 Å². The molecule has 2 heterocycles. The Kier molecular flexibility index (Phi) is 3.49. The van der Waals surface area contributed by atoms with Crippen molar-refractivity contribution in [3.63, 3.8) is 0 Å². The monoisotopic (exact) mass is 231 g/mol. The predicted octanol–water partition coefficient (Wildman–Crippen LogP) is 1.36. The molecule has 2 aromatic rings. The molecule has 2 aromatic heterocycles. The third-order valence-corrected chi connectivity index (χ3v) is 2.93. The van der Waals surface area contributed by atoms with Gasteiger partial charge < -0.3 is 5.73 Å². The highest BCUT2D eigenvalue weighted by Crippen LogP contribution is 2.24. The summed E-state index contributed by atoms with van der Waals surface area (Å²) in [5.41, 5.74) is 7.86. The first kappa shape index (κ1) is 11.7. The highest BCUT2D eigenvalue weighted by Gasteiger charge is 2.18. The van der Waals surface area contributed by atoms with Crippen LogP contribution in [0.2, 0.25) is 0 Å². The van der Waals surface area contributed by atoms with Crippen LogP contribution in [0, 0.1) is 5.92 Å². The topological polar surface area (TPSA) is 69.6 Å². The largest absolute Gasteiger partial charge is 0.330 e. The van der Waals surface area contributed by atoms with Crippen LogP contribution >= 0.6 is 0 Å². The van der Waals surface area contributed by atoms with Gasteiger partial charge in [-0.25, -0.2) is 15.0 Å². The fraction of sp³-hybridized carbons (Fsp3) is 0.417. The molecule has 0 aliphatic carbocycles. The molecule has 0 spiro atoms. The smallest absolute Gasteiger partial charge is 0.115 e. The van der Waals surface area contributed by atoms with E-state index < -0.39 is 0 Å². The molecule has 0 radical (unpaired) electrons. The highest BCUT2D eigenvalue weighted by molar-refractivity contribution is 5.29. The Morgan fingerprint density at radius 3 is 2.47 bits per heavy atom. The lowest BCUT2D eigenvalue weighted by atomic mass is 9.93. The molecule has 0 fully saturated rings. The van der Waals surface area contributed by atoms with Crippen LogP contribution in [0.3, 0.4) is 0 Å². The van der Waals surface area contributed by atoms with E-state index in [-0.39, 0.29) is 5.92 Å². The van der Waals surface area contributed by atoms with E-state index in [1.165, 1.54) is 6.33 Å². The van der Waals surface area contributed by atoms with Gasteiger partial charge in [0, 0.05) is 24.4 Å². The van der Waals surface area contributed by atoms with Crippen LogP contribution in [0.4, 0.5) is 0 Å². The van der Waals surface area contributed by atoms with E-state index in [4.69, 9.17) is 5.73 Å². The first-order valence-electron chi connectivity index (χ1n) is 5.71. The zero-order valence-corrected chi connectivity index (χ0v) is 10.1. The van der Waals surface area contributed by atoms with Crippen molar-refractivity contribution in [3.05, 3.63) is 36.9 Å². The van der Waals surface area contributed by atoms with E-state index in [2.05, 4.69) is 28.8 Å². The number of aromatic nitrogens is 4. The molecule has 1 unspecified atom stereocenters. The van der Waals surface area contributed by atoms with Crippen LogP contribution in [-0.4, -0.2) is 26.1 Å². The maximum Gasteiger partial charge on any atom is 0.115 e. The van der Waals surface area contributed by atoms with Crippen LogP contribution in [0.1, 0.15) is 25.5 Å². The summed E-state index contributed by atoms with van der Waals surface area (Å²) >= 11 is 0. The van der Waals surface area contributed by atoms with Crippen molar-refractivity contribution in [2.45, 2.75) is 19.8 Å². The normalized spacial score (nSPS) is 12.9. The number of nitrogens with two attached hydrogens (primary N) is 1. The molecule has 0 aliphatic rings. The number of hydrogen-bond acceptors (Lipinski definition) is 4. The summed E-state index contributed by atoms with van der Waals surface area (Å²) in [7, 11) is 0. The Bertz CT molecular complexity index is 463. The minimum absolute atomic E-state index is 0.290. The van der Waals surface area contributed by atoms with Crippen LogP contribution in [-0.2, 0) is 0 Å². The molecule has 0 saturated carbocycles. The molecule has 5 heteroatoms. The minimum Gasteiger partial charge on any atom is -0.330 e. The Labute approximate surface area is 101 Å². The summed E-state index contributed by atoms with van der Waals surface area (Å²) in [6, 6.07) is 0. The zero-order chi connectivity index (χ0) is 12.3. The minimum atomic E-state index is 0.290. The SMILES string of the molecule is CC(C)C(CN)c1cncn1-c1cncnc1. The molecule has 17 heavy (non-hydrogen) atoms. The Hall–Kier alpha value is -1.75. The summed E-state index contributed by atoms with van der Waals surface area (Å²) < 4.78 is 2.00. The molecule has 90 valence electrons. The van der Waals surface area contributed by atoms with Crippen LogP contribution < -0.4 is 5.73 Å². The maximum atomic E-state index is 5.84. The van der Waals surface area contributed by atoms with Crippen molar-refractivity contribution in [2.75, 3.05) is 6.54 Å². The van der Waals surface area contributed by atoms with Gasteiger partial charge in [0.2, 0.25) is 0 Å². The maximum absolute atomic E-state index is 5.84. The van der Waals surface area contributed by atoms with Crippen molar-refractivity contribution in [1.29, 1.82) is 0 Å². The summed E-state index contributed by atoms with van der Waals surface area (Å²) in [6.07, 6.45) is 8.70. The first-order valence-corrected chi connectivity index (χ1v) is 5.71. The van der Waals surface area contributed by atoms with Gasteiger partial charge in [-0.15, -0.1) is 0 Å². The van der Waals surface area contributed by atoms with E-state index in [1.807, 2.05) is 10.8 Å². The molecule has 5 nitrogen and oxygen atoms in total. The molecule has 2 N–H and O–H groups in total. The molecule has 0 aliphatic heterocycles. The second-order valence-electron chi connectivity index (χ2n) is 4.37. The quantitative estimate of drug-likeness (QED) is 0.862. The second kappa shape index (κ2) is 5.05. The number of imidazole rings is 1. The average Bonchev–Trinajstić information content (AvgIpc) is 2.80. The lowest BCUT2D eigenvalue weighted by molar-refractivity contribution is 0.489. The predicted molar refractivity (Wildman–Crippen MR) is 65.8 cm³/mol. The average molecular weight is 231 g/mol. The molecule has 1 atom stereocenters. The van der Waals surface area contributed by atoms with Crippen molar-refractivity contribution < 1.29 is 0 Å². The van der Waals surface area contributed by atoms with Crippen LogP contribution in [0.15, 0.2) is 31.2 Å². The fourth-order valence-corrected chi connectivity index (χ4v) is 1.95.